The maximum absolute atomic E-state index is 12.9. The standard InChI is InChI=1S/3C25H20N2O3.2C20H19ClN2O2.CH4/c1-15-6-5-8-19-21(26-27(2)25(29)24(15)19)14-17(28)12-16-10-11-23-20(13-16)18-7-3-4-9-22(18)30-23;1-15-7-9-18-21(11-15)25(29)27(2)26-22(18)14-17(28)12-16-8-10-24-20(13-16)19-5-3-4-6-23(19)30-24;1-15-7-9-19-20(11-15)22(26-27(2)25(19)29)14-17(28)12-16-8-10-24-21(13-16)18-5-3-4-6-23(18)30-24;2*1-12-5-4-6-16-18(22-23(3)20(25)19(12)16)11-15(24)10-14-7-8-17(21)13(2)9-14;/h3*3-11,13H,12,14H2,1-2H3;2*4-9H,10-11H2,1-3H3;1H4. The third kappa shape index (κ3) is 21.3. The Morgan fingerprint density at radius 2 is 0.489 bits per heavy atom. The lowest BCUT2D eigenvalue weighted by Crippen LogP contribution is -2.23. The van der Waals surface area contributed by atoms with Gasteiger partial charge >= 0.3 is 0 Å². The molecule has 0 saturated carbocycles. The summed E-state index contributed by atoms with van der Waals surface area (Å²) in [6, 6.07) is 80.7. The van der Waals surface area contributed by atoms with Crippen molar-refractivity contribution < 1.29 is 37.2 Å². The highest BCUT2D eigenvalue weighted by atomic mass is 35.5. The van der Waals surface area contributed by atoms with Crippen molar-refractivity contribution in [1.29, 1.82) is 0 Å². The molecule has 21 rings (SSSR count). The normalized spacial score (nSPS) is 11.3. The number of benzene rings is 13. The van der Waals surface area contributed by atoms with E-state index in [1.165, 1.54) is 23.4 Å². The third-order valence-corrected chi connectivity index (χ3v) is 26.1. The molecule has 0 amide bonds. The SMILES string of the molecule is C.Cc1cc(CC(=O)Cc2nn(C)c(=O)c3c(C)cccc23)ccc1Cl.Cc1cc(CC(=O)Cc2nn(C)c(=O)c3c(C)cccc23)ccc1Cl.Cc1ccc2c(=O)n(C)nc(CC(=O)Cc3ccc4oc5ccccc5c4c3)c2c1.Cc1ccc2c(CC(=O)Cc3ccc4oc5ccccc5c4c3)nn(C)c(=O)c2c1.Cc1cccc2c(CC(=O)Cc3ccc4oc5ccccc5c4c3)nn(C)c(=O)c12. The number of Topliss-reactive ketones (excluding diaryl/α,β-unsaturated/α-hetero) is 5. The Balaban J connectivity index is 0.000000127. The molecular weight excluding hydrogens is 1810 g/mol. The minimum absolute atomic E-state index is 0. The van der Waals surface area contributed by atoms with Gasteiger partial charge in [0.25, 0.3) is 27.8 Å². The van der Waals surface area contributed by atoms with Gasteiger partial charge in [-0.05, 0) is 189 Å². The lowest BCUT2D eigenvalue weighted by Gasteiger charge is -2.10. The van der Waals surface area contributed by atoms with Crippen LogP contribution in [-0.4, -0.2) is 77.8 Å². The first kappa shape index (κ1) is 98.0. The van der Waals surface area contributed by atoms with Crippen molar-refractivity contribution >= 4 is 172 Å². The van der Waals surface area contributed by atoms with Crippen molar-refractivity contribution in [2.75, 3.05) is 0 Å². The van der Waals surface area contributed by atoms with Crippen LogP contribution in [0.15, 0.2) is 292 Å². The van der Waals surface area contributed by atoms with Gasteiger partial charge in [-0.15, -0.1) is 0 Å². The van der Waals surface area contributed by atoms with Crippen LogP contribution in [0, 0.1) is 48.5 Å². The van der Waals surface area contributed by atoms with Gasteiger partial charge in [-0.1, -0.05) is 212 Å². The second kappa shape index (κ2) is 41.7. The number of fused-ring (bicyclic) bond motifs is 14. The zero-order valence-electron chi connectivity index (χ0n) is 79.4. The van der Waals surface area contributed by atoms with Gasteiger partial charge in [0.1, 0.15) is 62.4 Å². The maximum atomic E-state index is 12.9. The van der Waals surface area contributed by atoms with E-state index in [1.54, 1.807) is 41.3 Å². The monoisotopic (exact) mass is 1910 g/mol. The molecule has 0 aliphatic heterocycles. The number of ketones is 5. The van der Waals surface area contributed by atoms with Crippen molar-refractivity contribution in [3.63, 3.8) is 0 Å². The molecule has 0 aliphatic carbocycles. The molecule has 0 unspecified atom stereocenters. The van der Waals surface area contributed by atoms with Crippen molar-refractivity contribution in [2.45, 2.75) is 120 Å². The van der Waals surface area contributed by atoms with E-state index >= 15 is 0 Å². The lowest BCUT2D eigenvalue weighted by molar-refractivity contribution is -0.118. The predicted molar refractivity (Wildman–Crippen MR) is 561 cm³/mol. The molecule has 0 spiro atoms. The molecule has 0 fully saturated rings. The molecule has 21 aromatic rings. The van der Waals surface area contributed by atoms with Gasteiger partial charge < -0.3 is 13.3 Å². The van der Waals surface area contributed by atoms with Crippen molar-refractivity contribution in [3.8, 4) is 0 Å². The zero-order valence-corrected chi connectivity index (χ0v) is 80.9. The number of nitrogens with zero attached hydrogens (tertiary/aromatic N) is 10. The smallest absolute Gasteiger partial charge is 0.274 e. The fourth-order valence-corrected chi connectivity index (χ4v) is 18.5. The second-order valence-electron chi connectivity index (χ2n) is 35.9. The minimum Gasteiger partial charge on any atom is -0.456 e. The first-order valence-corrected chi connectivity index (χ1v) is 46.6. The van der Waals surface area contributed by atoms with E-state index in [0.717, 1.165) is 160 Å². The van der Waals surface area contributed by atoms with Crippen LogP contribution in [0.4, 0.5) is 0 Å². The highest BCUT2D eigenvalue weighted by Crippen LogP contribution is 2.35. The van der Waals surface area contributed by atoms with E-state index in [2.05, 4.69) is 25.5 Å². The van der Waals surface area contributed by atoms with Crippen LogP contribution in [0.25, 0.3) is 120 Å². The second-order valence-corrected chi connectivity index (χ2v) is 36.7. The molecule has 0 saturated heterocycles. The lowest BCUT2D eigenvalue weighted by atomic mass is 10.00. The molecule has 8 aromatic heterocycles. The number of carbonyl (C=O) groups is 5. The summed E-state index contributed by atoms with van der Waals surface area (Å²) in [6.07, 6.45) is 2.44. The first-order valence-electron chi connectivity index (χ1n) is 45.8. The van der Waals surface area contributed by atoms with Crippen LogP contribution in [0.3, 0.4) is 0 Å². The average molecular weight is 1920 g/mol. The van der Waals surface area contributed by atoms with Gasteiger partial charge in [-0.2, -0.15) is 25.5 Å². The van der Waals surface area contributed by atoms with Gasteiger partial charge in [0.2, 0.25) is 0 Å². The molecule has 0 N–H and O–H groups in total. The molecule has 0 bridgehead atoms. The van der Waals surface area contributed by atoms with Crippen LogP contribution in [0.5, 0.6) is 0 Å². The number of hydrogen-bond donors (Lipinski definition) is 0. The van der Waals surface area contributed by atoms with Gasteiger partial charge in [0.05, 0.1) is 87.5 Å². The highest BCUT2D eigenvalue weighted by molar-refractivity contribution is 6.31. The highest BCUT2D eigenvalue weighted by Gasteiger charge is 2.23. The zero-order chi connectivity index (χ0) is 98.8. The molecule has 0 radical (unpaired) electrons. The first-order chi connectivity index (χ1) is 67.2. The Hall–Kier alpha value is -16.1. The molecule has 0 atom stereocenters. The van der Waals surface area contributed by atoms with E-state index in [9.17, 15) is 47.9 Å². The predicted octanol–water partition coefficient (Wildman–Crippen LogP) is 21.2. The summed E-state index contributed by atoms with van der Waals surface area (Å²) in [5, 5.41) is 36.1. The third-order valence-electron chi connectivity index (χ3n) is 25.2. The fourth-order valence-electron chi connectivity index (χ4n) is 18.3. The Morgan fingerprint density at radius 3 is 0.816 bits per heavy atom. The summed E-state index contributed by atoms with van der Waals surface area (Å²) in [4.78, 5) is 126. The molecule has 141 heavy (non-hydrogen) atoms. The average Bonchev–Trinajstić information content (AvgIpc) is 1.44. The summed E-state index contributed by atoms with van der Waals surface area (Å²) in [5.74, 6) is 0.258. The summed E-state index contributed by atoms with van der Waals surface area (Å²) in [5.41, 5.74) is 18.7. The van der Waals surface area contributed by atoms with Crippen LogP contribution < -0.4 is 27.8 Å². The molecule has 708 valence electrons. The summed E-state index contributed by atoms with van der Waals surface area (Å²) in [6.45, 7) is 13.4. The van der Waals surface area contributed by atoms with E-state index in [0.29, 0.717) is 97.6 Å². The largest absolute Gasteiger partial charge is 0.456 e. The van der Waals surface area contributed by atoms with Gasteiger partial charge in [0, 0.05) is 137 Å². The van der Waals surface area contributed by atoms with E-state index in [4.69, 9.17) is 36.5 Å². The van der Waals surface area contributed by atoms with Gasteiger partial charge in [-0.25, -0.2) is 23.4 Å². The summed E-state index contributed by atoms with van der Waals surface area (Å²) < 4.78 is 24.2. The van der Waals surface area contributed by atoms with E-state index in [1.807, 2.05) is 297 Å². The van der Waals surface area contributed by atoms with E-state index < -0.39 is 0 Å². The van der Waals surface area contributed by atoms with Crippen LogP contribution in [0.1, 0.15) is 103 Å². The maximum Gasteiger partial charge on any atom is 0.274 e. The molecule has 25 heteroatoms. The van der Waals surface area contributed by atoms with Crippen molar-refractivity contribution in [2.24, 2.45) is 35.2 Å². The van der Waals surface area contributed by atoms with Crippen molar-refractivity contribution in [1.82, 2.24) is 48.9 Å². The number of aromatic nitrogens is 10. The molecule has 8 heterocycles. The number of carbonyl (C=O) groups excluding carboxylic acids is 5. The number of rotatable bonds is 20. The van der Waals surface area contributed by atoms with Crippen LogP contribution in [0.2, 0.25) is 10.0 Å². The number of aryl methyl sites for hydroxylation is 12. The van der Waals surface area contributed by atoms with Crippen molar-refractivity contribution in [3.05, 3.63) is 412 Å². The Morgan fingerprint density at radius 1 is 0.234 bits per heavy atom. The molecule has 0 aliphatic rings. The van der Waals surface area contributed by atoms with Gasteiger partial charge in [0.15, 0.2) is 0 Å². The topological polar surface area (TPSA) is 299 Å². The molecule has 13 aromatic carbocycles. The minimum atomic E-state index is -0.154. The number of para-hydroxylation sites is 3. The number of furan rings is 3. The Kier molecular flexibility index (Phi) is 29.0. The molecule has 23 nitrogen and oxygen atoms in total. The quantitative estimate of drug-likeness (QED) is 0.0684. The van der Waals surface area contributed by atoms with Crippen LogP contribution in [-0.2, 0) is 123 Å². The van der Waals surface area contributed by atoms with Crippen LogP contribution >= 0.6 is 23.2 Å². The summed E-state index contributed by atoms with van der Waals surface area (Å²) >= 11 is 12.1. The number of hydrogen-bond acceptors (Lipinski definition) is 18. The fraction of sp³-hybridized carbons (Fsp3) is 0.198. The molecular formula is C116H102Cl2N10O13. The Bertz CT molecular complexity index is 8670. The summed E-state index contributed by atoms with van der Waals surface area (Å²) in [7, 11) is 8.10. The number of halogens is 2. The Labute approximate surface area is 819 Å². The van der Waals surface area contributed by atoms with Gasteiger partial charge in [-0.3, -0.25) is 47.9 Å². The van der Waals surface area contributed by atoms with E-state index in [-0.39, 0.29) is 96.2 Å².